The summed E-state index contributed by atoms with van der Waals surface area (Å²) in [7, 11) is 0. The number of likely N-dealkylation sites (tertiary alicyclic amines) is 1. The van der Waals surface area contributed by atoms with Crippen LogP contribution in [0.25, 0.3) is 0 Å². The van der Waals surface area contributed by atoms with Crippen LogP contribution in [0, 0.1) is 11.8 Å². The molecule has 1 saturated heterocycles. The first-order chi connectivity index (χ1) is 36.7. The molecule has 10 amide bonds. The Hall–Kier alpha value is -6.99. The number of benzene rings is 2. The van der Waals surface area contributed by atoms with Crippen LogP contribution in [0.2, 0.25) is 0 Å². The molecule has 23 nitrogen and oxygen atoms in total. The van der Waals surface area contributed by atoms with Gasteiger partial charge in [0.15, 0.2) is 5.96 Å². The van der Waals surface area contributed by atoms with Crippen molar-refractivity contribution < 1.29 is 52.7 Å². The predicted molar refractivity (Wildman–Crippen MR) is 292 cm³/mol. The molecule has 77 heavy (non-hydrogen) atoms. The second kappa shape index (κ2) is 31.9. The summed E-state index contributed by atoms with van der Waals surface area (Å²) in [5.74, 6) is -8.01. The van der Waals surface area contributed by atoms with E-state index in [4.69, 9.17) is 29.4 Å². The first-order valence-corrected chi connectivity index (χ1v) is 27.0. The van der Waals surface area contributed by atoms with Crippen molar-refractivity contribution in [3.8, 4) is 0 Å². The van der Waals surface area contributed by atoms with E-state index in [0.717, 1.165) is 42.4 Å². The minimum Gasteiger partial charge on any atom is -0.489 e. The van der Waals surface area contributed by atoms with Gasteiger partial charge in [0.25, 0.3) is 0 Å². The smallest absolute Gasteiger partial charge is 0.352 e. The van der Waals surface area contributed by atoms with Gasteiger partial charge < -0.3 is 76.9 Å². The lowest BCUT2D eigenvalue weighted by Crippen LogP contribution is -2.85. The molecule has 2 aliphatic rings. The Morgan fingerprint density at radius 3 is 1.84 bits per heavy atom. The summed E-state index contributed by atoms with van der Waals surface area (Å²) in [6, 6.07) is 9.14. The standard InChI is InChI=1S/C52H75N13O10S2/c1-4-30(2)42(62-46(71)37(27-33-18-10-6-11-19-33)60-45(70)36(26-32-16-8-5-9-17-32)58-41(67)28-34-20-12-7-13-21-34)48(73)61-38(29-40(53)66)44(69)57-31(3)51(75)65-25-15-23-39(65)47(72)59-35(22-14-24-56-52(54)55)43(68)63-50(76)49(74)64-77/h5-6,8-11,16-19,30-31,34-39,42H,4,7,12-15,20-29,64H2,1-3H3,(H2,53,66)(H,57,69)(H,58,67)(H,59,72)(H,60,70)(H,61,73)(H,62,71)(H4,54,55,56)(H,63,68,76)/t30-,31-,35-,36+,37-,38-,39-,42-/m0/s1. The lowest BCUT2D eigenvalue weighted by Gasteiger charge is -2.30. The number of nitrogens with zero attached hydrogens (tertiary/aromatic N) is 2. The molecule has 25 heteroatoms. The first kappa shape index (κ1) is 62.5. The molecule has 0 bridgehead atoms. The molecule has 8 atom stereocenters. The Bertz CT molecular complexity index is 2430. The number of hydrogen-bond donors (Lipinski definition) is 11. The number of quaternary nitrogens is 1. The van der Waals surface area contributed by atoms with Crippen molar-refractivity contribution in [3.05, 3.63) is 71.8 Å². The molecule has 0 unspecified atom stereocenters. The normalized spacial score (nSPS) is 17.0. The number of rotatable bonds is 27. The van der Waals surface area contributed by atoms with Gasteiger partial charge in [-0.15, -0.1) is 0 Å². The molecule has 2 aromatic rings. The van der Waals surface area contributed by atoms with Crippen LogP contribution in [0.5, 0.6) is 0 Å². The maximum Gasteiger partial charge on any atom is 0.352 e. The van der Waals surface area contributed by atoms with Crippen molar-refractivity contribution >= 4 is 95.1 Å². The van der Waals surface area contributed by atoms with E-state index in [1.807, 2.05) is 30.3 Å². The van der Waals surface area contributed by atoms with Crippen molar-refractivity contribution in [2.45, 2.75) is 153 Å². The average molecular weight is 1110 g/mol. The van der Waals surface area contributed by atoms with Gasteiger partial charge in [0.2, 0.25) is 58.2 Å². The van der Waals surface area contributed by atoms with Crippen molar-refractivity contribution in [3.63, 3.8) is 0 Å². The molecule has 420 valence electrons. The number of nitrogens with one attached hydrogen (secondary N) is 7. The number of amides is 10. The molecule has 1 heterocycles. The van der Waals surface area contributed by atoms with Gasteiger partial charge in [0, 0.05) is 32.4 Å². The molecule has 2 fully saturated rings. The van der Waals surface area contributed by atoms with Crippen molar-refractivity contribution in [1.29, 1.82) is 0 Å². The zero-order valence-corrected chi connectivity index (χ0v) is 45.5. The minimum atomic E-state index is -1.64. The fourth-order valence-electron chi connectivity index (χ4n) is 9.21. The van der Waals surface area contributed by atoms with E-state index in [1.54, 1.807) is 44.2 Å². The first-order valence-electron chi connectivity index (χ1n) is 26.1. The summed E-state index contributed by atoms with van der Waals surface area (Å²) in [6.45, 7) is 5.02. The van der Waals surface area contributed by atoms with Gasteiger partial charge in [-0.3, -0.25) is 48.1 Å². The van der Waals surface area contributed by atoms with Gasteiger partial charge in [-0.05, 0) is 80.6 Å². The van der Waals surface area contributed by atoms with Crippen LogP contribution in [0.3, 0.4) is 0 Å². The lowest BCUT2D eigenvalue weighted by atomic mass is 9.87. The highest BCUT2D eigenvalue weighted by Crippen LogP contribution is 2.26. The van der Waals surface area contributed by atoms with E-state index in [-0.39, 0.29) is 69.4 Å². The Labute approximate surface area is 459 Å². The van der Waals surface area contributed by atoms with Gasteiger partial charge in [0.05, 0.1) is 6.42 Å². The van der Waals surface area contributed by atoms with Crippen LogP contribution in [-0.2, 0) is 73.6 Å². The van der Waals surface area contributed by atoms with Gasteiger partial charge >= 0.3 is 5.91 Å². The number of guanidine groups is 1. The zero-order chi connectivity index (χ0) is 56.6. The van der Waals surface area contributed by atoms with Crippen molar-refractivity contribution in [2.24, 2.45) is 34.0 Å². The highest BCUT2D eigenvalue weighted by molar-refractivity contribution is 7.82. The summed E-state index contributed by atoms with van der Waals surface area (Å²) in [4.78, 5) is 140. The van der Waals surface area contributed by atoms with Crippen LogP contribution in [0.1, 0.15) is 109 Å². The second-order valence-corrected chi connectivity index (χ2v) is 20.2. The molecular formula is C52H75N13O10S2. The highest BCUT2D eigenvalue weighted by atomic mass is 32.1. The van der Waals surface area contributed by atoms with Gasteiger partial charge in [-0.2, -0.15) is 0 Å². The molecule has 1 aliphatic heterocycles. The summed E-state index contributed by atoms with van der Waals surface area (Å²) < 4.78 is 0.754. The van der Waals surface area contributed by atoms with Crippen molar-refractivity contribution in [1.82, 2.24) is 42.1 Å². The van der Waals surface area contributed by atoms with Gasteiger partial charge in [0.1, 0.15) is 42.3 Å². The summed E-state index contributed by atoms with van der Waals surface area (Å²) in [5, 5.41) is 18.5. The topological polar surface area (TPSA) is 365 Å². The monoisotopic (exact) mass is 1110 g/mol. The van der Waals surface area contributed by atoms with E-state index in [9.17, 15) is 47.9 Å². The largest absolute Gasteiger partial charge is 0.489 e. The Morgan fingerprint density at radius 1 is 0.701 bits per heavy atom. The Kier molecular flexibility index (Phi) is 25.9. The molecule has 1 aliphatic carbocycles. The molecule has 2 aromatic carbocycles. The maximum absolute atomic E-state index is 14.5. The Morgan fingerprint density at radius 2 is 1.27 bits per heavy atom. The number of nitrogens with two attached hydrogens (primary N) is 4. The molecule has 0 radical (unpaired) electrons. The Balaban J connectivity index is 1.50. The molecule has 4 rings (SSSR count). The fraction of sp³-hybridized carbons (Fsp3) is 0.538. The molecule has 0 aromatic heterocycles. The molecule has 0 spiro atoms. The summed E-state index contributed by atoms with van der Waals surface area (Å²) in [5.41, 5.74) is 17.9. The van der Waals surface area contributed by atoms with Crippen LogP contribution < -0.4 is 59.1 Å². The average Bonchev–Trinajstić information content (AvgIpc) is 3.91. The zero-order valence-electron chi connectivity index (χ0n) is 43.9. The number of aliphatic imine (C=N–C) groups is 1. The fourth-order valence-corrected chi connectivity index (χ4v) is 9.56. The molecular weight excluding hydrogens is 1030 g/mol. The lowest BCUT2D eigenvalue weighted by molar-refractivity contribution is -0.385. The maximum atomic E-state index is 14.5. The number of carbonyl (C=O) groups excluding carboxylic acids is 10. The van der Waals surface area contributed by atoms with E-state index < -0.39 is 113 Å². The molecule has 1 saturated carbocycles. The SMILES string of the molecule is CC[C@H](C)[C@H](NC(=O)[C@H](Cc1ccccc1)NC(=O)[C@@H](Cc1ccccc1)NC(=O)CC1CCCCC1)C(=O)N[C@@H](CC(N)=O)C(=O)N[C@@H](C)C(=O)N1CCC[C@H]1C(=O)N[C@@H](CCCN=C(N)N)C(=O)NC(=S)C(=O)[NH2+][S-]. The van der Waals surface area contributed by atoms with Gasteiger partial charge in [-0.1, -0.05) is 100 Å². The number of thiocarbonyl (C=S) groups is 1. The number of hydrogen-bond acceptors (Lipinski definition) is 13. The third-order valence-electron chi connectivity index (χ3n) is 13.6. The van der Waals surface area contributed by atoms with Gasteiger partial charge in [-0.25, -0.2) is 4.79 Å². The van der Waals surface area contributed by atoms with E-state index in [1.165, 1.54) is 11.8 Å². The van der Waals surface area contributed by atoms with Crippen molar-refractivity contribution in [2.75, 3.05) is 13.1 Å². The number of carbonyl (C=O) groups is 10. The second-order valence-electron chi connectivity index (χ2n) is 19.6. The van der Waals surface area contributed by atoms with Crippen LogP contribution in [0.15, 0.2) is 65.7 Å². The third-order valence-corrected chi connectivity index (χ3v) is 14.1. The van der Waals surface area contributed by atoms with E-state index in [0.29, 0.717) is 18.4 Å². The summed E-state index contributed by atoms with van der Waals surface area (Å²) in [6.07, 6.45) is 5.91. The minimum absolute atomic E-state index is 0.00171. The predicted octanol–water partition coefficient (Wildman–Crippen LogP) is -1.67. The van der Waals surface area contributed by atoms with Crippen LogP contribution >= 0.6 is 12.2 Å². The van der Waals surface area contributed by atoms with Crippen LogP contribution in [-0.4, -0.2) is 130 Å². The quantitative estimate of drug-likeness (QED) is 0.0157. The highest BCUT2D eigenvalue weighted by Gasteiger charge is 2.40. The van der Waals surface area contributed by atoms with E-state index in [2.05, 4.69) is 55.0 Å². The van der Waals surface area contributed by atoms with Crippen LogP contribution in [0.4, 0.5) is 0 Å². The number of primary amides is 2. The summed E-state index contributed by atoms with van der Waals surface area (Å²) >= 11 is 9.57. The molecule has 15 N–H and O–H groups in total. The third kappa shape index (κ3) is 20.8. The van der Waals surface area contributed by atoms with E-state index >= 15 is 0 Å².